The summed E-state index contributed by atoms with van der Waals surface area (Å²) in [6.07, 6.45) is 1.09. The molecule has 22 heavy (non-hydrogen) atoms. The van der Waals surface area contributed by atoms with Gasteiger partial charge in [0, 0.05) is 13.3 Å². The molecule has 0 unspecified atom stereocenters. The minimum absolute atomic E-state index is 0.0767. The second-order valence-electron chi connectivity index (χ2n) is 4.44. The van der Waals surface area contributed by atoms with Gasteiger partial charge in [0.05, 0.1) is 17.1 Å². The number of aryl methyl sites for hydroxylation is 1. The van der Waals surface area contributed by atoms with Gasteiger partial charge in [0.2, 0.25) is 5.95 Å². The van der Waals surface area contributed by atoms with Crippen LogP contribution in [0.15, 0.2) is 23.1 Å². The Morgan fingerprint density at radius 1 is 1.41 bits per heavy atom. The number of aromatic nitrogens is 4. The van der Waals surface area contributed by atoms with Gasteiger partial charge in [-0.05, 0) is 35.5 Å². The van der Waals surface area contributed by atoms with E-state index in [1.165, 1.54) is 22.9 Å². The van der Waals surface area contributed by atoms with E-state index < -0.39 is 15.7 Å². The number of carbonyl (C=O) groups is 1. The van der Waals surface area contributed by atoms with Crippen LogP contribution < -0.4 is 10.1 Å². The smallest absolute Gasteiger partial charge is 0.261 e. The maximum Gasteiger partial charge on any atom is 0.261 e. The number of rotatable bonds is 5. The first-order chi connectivity index (χ1) is 10.3. The monoisotopic (exact) mass is 325 g/mol. The van der Waals surface area contributed by atoms with Crippen LogP contribution in [0, 0.1) is 0 Å². The number of benzene rings is 1. The molecule has 9 nitrogen and oxygen atoms in total. The Morgan fingerprint density at radius 3 is 2.68 bits per heavy atom. The summed E-state index contributed by atoms with van der Waals surface area (Å²) in [4.78, 5) is 12.3. The molecule has 0 bridgehead atoms. The molecule has 2 rings (SSSR count). The number of hydrogen-bond donors (Lipinski definition) is 1. The molecular formula is C12H15N5O4S. The van der Waals surface area contributed by atoms with E-state index in [2.05, 4.69) is 20.8 Å². The fourth-order valence-electron chi connectivity index (χ4n) is 1.70. The number of nitrogens with zero attached hydrogens (tertiary/aromatic N) is 4. The highest BCUT2D eigenvalue weighted by Crippen LogP contribution is 2.24. The predicted molar refractivity (Wildman–Crippen MR) is 77.5 cm³/mol. The zero-order valence-corrected chi connectivity index (χ0v) is 13.1. The first-order valence-corrected chi connectivity index (χ1v) is 8.22. The minimum Gasteiger partial charge on any atom is -0.493 e. The van der Waals surface area contributed by atoms with Gasteiger partial charge in [0.1, 0.15) is 5.75 Å². The van der Waals surface area contributed by atoms with Crippen molar-refractivity contribution in [3.05, 3.63) is 23.8 Å². The van der Waals surface area contributed by atoms with Crippen LogP contribution in [0.1, 0.15) is 17.3 Å². The summed E-state index contributed by atoms with van der Waals surface area (Å²) >= 11 is 0. The summed E-state index contributed by atoms with van der Waals surface area (Å²) in [6.45, 7) is 2.03. The Bertz CT molecular complexity index is 800. The molecule has 2 aromatic rings. The van der Waals surface area contributed by atoms with Crippen LogP contribution >= 0.6 is 0 Å². The lowest BCUT2D eigenvalue weighted by atomic mass is 10.2. The van der Waals surface area contributed by atoms with E-state index in [0.29, 0.717) is 6.61 Å². The van der Waals surface area contributed by atoms with Crippen molar-refractivity contribution in [2.75, 3.05) is 18.2 Å². The molecule has 0 radical (unpaired) electrons. The molecule has 118 valence electrons. The van der Waals surface area contributed by atoms with Crippen molar-refractivity contribution < 1.29 is 17.9 Å². The first-order valence-electron chi connectivity index (χ1n) is 6.33. The number of tetrazole rings is 1. The van der Waals surface area contributed by atoms with Gasteiger partial charge >= 0.3 is 0 Å². The van der Waals surface area contributed by atoms with Crippen LogP contribution in [0.3, 0.4) is 0 Å². The number of nitrogens with one attached hydrogen (secondary N) is 1. The Morgan fingerprint density at radius 2 is 2.14 bits per heavy atom. The highest BCUT2D eigenvalue weighted by atomic mass is 32.2. The number of carbonyl (C=O) groups excluding carboxylic acids is 1. The van der Waals surface area contributed by atoms with E-state index in [1.54, 1.807) is 14.0 Å². The zero-order valence-electron chi connectivity index (χ0n) is 12.3. The van der Waals surface area contributed by atoms with E-state index >= 15 is 0 Å². The normalized spacial score (nSPS) is 11.2. The van der Waals surface area contributed by atoms with E-state index in [0.717, 1.165) is 6.26 Å². The van der Waals surface area contributed by atoms with Crippen molar-refractivity contribution in [1.29, 1.82) is 0 Å². The molecule has 1 heterocycles. The Kier molecular flexibility index (Phi) is 4.40. The number of amides is 1. The highest BCUT2D eigenvalue weighted by Gasteiger charge is 2.18. The number of anilines is 1. The molecule has 0 saturated carbocycles. The largest absolute Gasteiger partial charge is 0.493 e. The molecule has 0 fully saturated rings. The maximum absolute atomic E-state index is 12.3. The molecule has 1 aromatic carbocycles. The van der Waals surface area contributed by atoms with Gasteiger partial charge in [-0.1, -0.05) is 5.10 Å². The van der Waals surface area contributed by atoms with Crippen molar-refractivity contribution >= 4 is 21.7 Å². The van der Waals surface area contributed by atoms with Crippen molar-refractivity contribution in [2.45, 2.75) is 11.8 Å². The molecule has 1 aromatic heterocycles. The molecule has 0 spiro atoms. The Hall–Kier alpha value is -2.49. The average molecular weight is 325 g/mol. The van der Waals surface area contributed by atoms with Crippen LogP contribution in [-0.2, 0) is 16.9 Å². The second-order valence-corrected chi connectivity index (χ2v) is 6.46. The zero-order chi connectivity index (χ0) is 16.3. The van der Waals surface area contributed by atoms with Gasteiger partial charge in [0.15, 0.2) is 9.84 Å². The minimum atomic E-state index is -3.39. The molecule has 0 aliphatic carbocycles. The van der Waals surface area contributed by atoms with Gasteiger partial charge in [0.25, 0.3) is 5.91 Å². The molecular weight excluding hydrogens is 310 g/mol. The summed E-state index contributed by atoms with van der Waals surface area (Å²) in [5.74, 6) is -0.154. The van der Waals surface area contributed by atoms with Gasteiger partial charge in [-0.2, -0.15) is 0 Å². The molecule has 1 amide bonds. The summed E-state index contributed by atoms with van der Waals surface area (Å²) in [7, 11) is -1.82. The summed E-state index contributed by atoms with van der Waals surface area (Å²) in [6, 6.07) is 4.06. The number of sulfone groups is 1. The number of ether oxygens (including phenoxy) is 1. The average Bonchev–Trinajstić information content (AvgIpc) is 2.83. The molecule has 0 aliphatic heterocycles. The van der Waals surface area contributed by atoms with Gasteiger partial charge < -0.3 is 4.74 Å². The summed E-state index contributed by atoms with van der Waals surface area (Å²) in [5, 5.41) is 13.2. The Labute approximate surface area is 127 Å². The third kappa shape index (κ3) is 3.39. The summed E-state index contributed by atoms with van der Waals surface area (Å²) < 4.78 is 29.8. The molecule has 0 aliphatic rings. The van der Waals surface area contributed by atoms with E-state index in [4.69, 9.17) is 4.74 Å². The van der Waals surface area contributed by atoms with Crippen molar-refractivity contribution in [2.24, 2.45) is 7.05 Å². The van der Waals surface area contributed by atoms with Gasteiger partial charge in [-0.25, -0.2) is 13.1 Å². The lowest BCUT2D eigenvalue weighted by Gasteiger charge is -2.11. The fourth-order valence-corrected chi connectivity index (χ4v) is 2.34. The highest BCUT2D eigenvalue weighted by molar-refractivity contribution is 7.90. The van der Waals surface area contributed by atoms with Crippen LogP contribution in [-0.4, -0.2) is 47.4 Å². The molecule has 0 saturated heterocycles. The van der Waals surface area contributed by atoms with E-state index in [-0.39, 0.29) is 22.2 Å². The lowest BCUT2D eigenvalue weighted by molar-refractivity contribution is 0.102. The molecule has 10 heteroatoms. The third-order valence-corrected chi connectivity index (χ3v) is 3.88. The Balaban J connectivity index is 2.37. The lowest BCUT2D eigenvalue weighted by Crippen LogP contribution is -2.17. The summed E-state index contributed by atoms with van der Waals surface area (Å²) in [5.41, 5.74) is 0.192. The fraction of sp³-hybridized carbons (Fsp3) is 0.333. The van der Waals surface area contributed by atoms with E-state index in [9.17, 15) is 13.2 Å². The predicted octanol–water partition coefficient (Wildman–Crippen LogP) is 0.265. The molecule has 1 N–H and O–H groups in total. The van der Waals surface area contributed by atoms with Crippen LogP contribution in [0.5, 0.6) is 5.75 Å². The van der Waals surface area contributed by atoms with Gasteiger partial charge in [-0.15, -0.1) is 0 Å². The van der Waals surface area contributed by atoms with Crippen molar-refractivity contribution in [1.82, 2.24) is 20.2 Å². The number of hydrogen-bond acceptors (Lipinski definition) is 7. The van der Waals surface area contributed by atoms with Crippen molar-refractivity contribution in [3.63, 3.8) is 0 Å². The first kappa shape index (κ1) is 15.9. The van der Waals surface area contributed by atoms with Crippen LogP contribution in [0.4, 0.5) is 5.95 Å². The SMILES string of the molecule is CCOc1cc(S(C)(=O)=O)ccc1C(=O)Nc1nnnn1C. The quantitative estimate of drug-likeness (QED) is 0.838. The second kappa shape index (κ2) is 6.10. The topological polar surface area (TPSA) is 116 Å². The third-order valence-electron chi connectivity index (χ3n) is 2.77. The molecule has 0 atom stereocenters. The standard InChI is InChI=1S/C12H15N5O4S/c1-4-21-10-7-8(22(3,19)20)5-6-9(10)11(18)13-12-14-15-16-17(12)2/h5-7H,4H2,1-3H3,(H,13,14,16,18). The van der Waals surface area contributed by atoms with Gasteiger partial charge in [-0.3, -0.25) is 10.1 Å². The van der Waals surface area contributed by atoms with E-state index in [1.807, 2.05) is 0 Å². The van der Waals surface area contributed by atoms with Crippen molar-refractivity contribution in [3.8, 4) is 5.75 Å². The van der Waals surface area contributed by atoms with Crippen LogP contribution in [0.2, 0.25) is 0 Å². The maximum atomic E-state index is 12.3. The van der Waals surface area contributed by atoms with Crippen LogP contribution in [0.25, 0.3) is 0 Å².